The molecule has 0 aromatic heterocycles. The summed E-state index contributed by atoms with van der Waals surface area (Å²) >= 11 is 0. The lowest BCUT2D eigenvalue weighted by Crippen LogP contribution is -2.00. The minimum Gasteiger partial charge on any atom is -0.496 e. The first-order valence-corrected chi connectivity index (χ1v) is 6.21. The predicted octanol–water partition coefficient (Wildman–Crippen LogP) is 3.58. The van der Waals surface area contributed by atoms with Gasteiger partial charge in [0.1, 0.15) is 11.6 Å². The van der Waals surface area contributed by atoms with Gasteiger partial charge in [-0.05, 0) is 48.7 Å². The van der Waals surface area contributed by atoms with Crippen molar-refractivity contribution in [3.8, 4) is 16.9 Å². The van der Waals surface area contributed by atoms with Crippen molar-refractivity contribution in [1.29, 1.82) is 0 Å². The van der Waals surface area contributed by atoms with E-state index in [1.807, 2.05) is 19.9 Å². The van der Waals surface area contributed by atoms with Crippen LogP contribution in [0.4, 0.5) is 4.39 Å². The average Bonchev–Trinajstić information content (AvgIpc) is 2.39. The van der Waals surface area contributed by atoms with E-state index in [1.165, 1.54) is 6.07 Å². The first-order valence-electron chi connectivity index (χ1n) is 6.21. The Morgan fingerprint density at radius 1 is 1.16 bits per heavy atom. The second kappa shape index (κ2) is 5.41. The topological polar surface area (TPSA) is 35.2 Å². The standard InChI is InChI=1S/C16H18FNO/c1-10-6-11(2)16(15(7-10)19-3)12-4-5-14(17)13(8-12)9-18/h4-8H,9,18H2,1-3H3. The molecule has 19 heavy (non-hydrogen) atoms. The van der Waals surface area contributed by atoms with Crippen LogP contribution in [0.1, 0.15) is 16.7 Å². The van der Waals surface area contributed by atoms with E-state index in [0.29, 0.717) is 5.56 Å². The number of methoxy groups -OCH3 is 1. The molecule has 0 aliphatic heterocycles. The number of benzene rings is 2. The van der Waals surface area contributed by atoms with E-state index in [1.54, 1.807) is 19.2 Å². The van der Waals surface area contributed by atoms with Gasteiger partial charge in [-0.15, -0.1) is 0 Å². The van der Waals surface area contributed by atoms with Gasteiger partial charge in [0.25, 0.3) is 0 Å². The van der Waals surface area contributed by atoms with Crippen molar-refractivity contribution < 1.29 is 9.13 Å². The molecule has 0 spiro atoms. The Kier molecular flexibility index (Phi) is 3.86. The summed E-state index contributed by atoms with van der Waals surface area (Å²) in [7, 11) is 1.64. The fraction of sp³-hybridized carbons (Fsp3) is 0.250. The van der Waals surface area contributed by atoms with Crippen LogP contribution < -0.4 is 10.5 Å². The Hall–Kier alpha value is -1.87. The predicted molar refractivity (Wildman–Crippen MR) is 75.8 cm³/mol. The number of rotatable bonds is 3. The van der Waals surface area contributed by atoms with E-state index in [2.05, 4.69) is 6.07 Å². The van der Waals surface area contributed by atoms with Gasteiger partial charge in [-0.1, -0.05) is 12.1 Å². The van der Waals surface area contributed by atoms with Crippen LogP contribution in [-0.4, -0.2) is 7.11 Å². The average molecular weight is 259 g/mol. The molecule has 0 saturated heterocycles. The highest BCUT2D eigenvalue weighted by Crippen LogP contribution is 2.35. The number of halogens is 1. The molecule has 2 nitrogen and oxygen atoms in total. The van der Waals surface area contributed by atoms with Crippen molar-refractivity contribution in [3.63, 3.8) is 0 Å². The summed E-state index contributed by atoms with van der Waals surface area (Å²) in [6, 6.07) is 9.07. The minimum absolute atomic E-state index is 0.187. The van der Waals surface area contributed by atoms with Crippen LogP contribution in [0.2, 0.25) is 0 Å². The van der Waals surface area contributed by atoms with E-state index >= 15 is 0 Å². The highest BCUT2D eigenvalue weighted by atomic mass is 19.1. The fourth-order valence-corrected chi connectivity index (χ4v) is 2.35. The van der Waals surface area contributed by atoms with Crippen LogP contribution in [0.15, 0.2) is 30.3 Å². The molecule has 0 radical (unpaired) electrons. The molecule has 0 unspecified atom stereocenters. The third-order valence-electron chi connectivity index (χ3n) is 3.22. The van der Waals surface area contributed by atoms with Gasteiger partial charge in [0.2, 0.25) is 0 Å². The summed E-state index contributed by atoms with van der Waals surface area (Å²) in [6.45, 7) is 4.23. The van der Waals surface area contributed by atoms with Crippen molar-refractivity contribution in [2.75, 3.05) is 7.11 Å². The third-order valence-corrected chi connectivity index (χ3v) is 3.22. The molecular weight excluding hydrogens is 241 g/mol. The van der Waals surface area contributed by atoms with Gasteiger partial charge in [-0.25, -0.2) is 4.39 Å². The zero-order chi connectivity index (χ0) is 14.0. The Balaban J connectivity index is 2.64. The van der Waals surface area contributed by atoms with Crippen LogP contribution in [-0.2, 0) is 6.54 Å². The minimum atomic E-state index is -0.269. The zero-order valence-electron chi connectivity index (χ0n) is 11.5. The van der Waals surface area contributed by atoms with Gasteiger partial charge < -0.3 is 10.5 Å². The smallest absolute Gasteiger partial charge is 0.127 e. The molecule has 0 amide bonds. The molecule has 0 atom stereocenters. The molecule has 3 heteroatoms. The van der Waals surface area contributed by atoms with Crippen molar-refractivity contribution >= 4 is 0 Å². The van der Waals surface area contributed by atoms with Gasteiger partial charge in [0.15, 0.2) is 0 Å². The lowest BCUT2D eigenvalue weighted by Gasteiger charge is -2.14. The third kappa shape index (κ3) is 2.61. The van der Waals surface area contributed by atoms with Crippen LogP contribution in [0.25, 0.3) is 11.1 Å². The second-order valence-corrected chi connectivity index (χ2v) is 4.67. The molecule has 0 heterocycles. The largest absolute Gasteiger partial charge is 0.496 e. The lowest BCUT2D eigenvalue weighted by molar-refractivity contribution is 0.416. The van der Waals surface area contributed by atoms with Gasteiger partial charge >= 0.3 is 0 Å². The Morgan fingerprint density at radius 3 is 2.53 bits per heavy atom. The zero-order valence-corrected chi connectivity index (χ0v) is 11.5. The Labute approximate surface area is 113 Å². The molecule has 2 aromatic carbocycles. The van der Waals surface area contributed by atoms with E-state index < -0.39 is 0 Å². The first-order chi connectivity index (χ1) is 9.06. The first kappa shape index (κ1) is 13.6. The molecule has 2 rings (SSSR count). The molecule has 2 N–H and O–H groups in total. The highest BCUT2D eigenvalue weighted by Gasteiger charge is 2.12. The number of hydrogen-bond acceptors (Lipinski definition) is 2. The maximum atomic E-state index is 13.5. The van der Waals surface area contributed by atoms with Crippen LogP contribution in [0, 0.1) is 19.7 Å². The summed E-state index contributed by atoms with van der Waals surface area (Å²) in [6.07, 6.45) is 0. The van der Waals surface area contributed by atoms with Crippen molar-refractivity contribution in [3.05, 3.63) is 52.8 Å². The Morgan fingerprint density at radius 2 is 1.89 bits per heavy atom. The van der Waals surface area contributed by atoms with E-state index in [4.69, 9.17) is 10.5 Å². The highest BCUT2D eigenvalue weighted by molar-refractivity contribution is 5.75. The molecule has 0 aliphatic rings. The summed E-state index contributed by atoms with van der Waals surface area (Å²) in [5, 5.41) is 0. The molecule has 0 saturated carbocycles. The second-order valence-electron chi connectivity index (χ2n) is 4.67. The molecule has 0 aliphatic carbocycles. The molecule has 2 aromatic rings. The van der Waals surface area contributed by atoms with Crippen LogP contribution in [0.3, 0.4) is 0 Å². The SMILES string of the molecule is COc1cc(C)cc(C)c1-c1ccc(F)c(CN)c1. The summed E-state index contributed by atoms with van der Waals surface area (Å²) in [5.41, 5.74) is 10.2. The van der Waals surface area contributed by atoms with E-state index in [9.17, 15) is 4.39 Å². The summed E-state index contributed by atoms with van der Waals surface area (Å²) in [4.78, 5) is 0. The van der Waals surface area contributed by atoms with Crippen molar-refractivity contribution in [1.82, 2.24) is 0 Å². The van der Waals surface area contributed by atoms with E-state index in [0.717, 1.165) is 28.0 Å². The molecular formula is C16H18FNO. The van der Waals surface area contributed by atoms with Crippen molar-refractivity contribution in [2.24, 2.45) is 5.73 Å². The molecule has 0 fully saturated rings. The molecule has 100 valence electrons. The summed E-state index contributed by atoms with van der Waals surface area (Å²) < 4.78 is 19.0. The monoisotopic (exact) mass is 259 g/mol. The van der Waals surface area contributed by atoms with Gasteiger partial charge in [-0.2, -0.15) is 0 Å². The Bertz CT molecular complexity index is 608. The maximum Gasteiger partial charge on any atom is 0.127 e. The van der Waals surface area contributed by atoms with Gasteiger partial charge in [-0.3, -0.25) is 0 Å². The summed E-state index contributed by atoms with van der Waals surface area (Å²) in [5.74, 6) is 0.530. The lowest BCUT2D eigenvalue weighted by atomic mass is 9.96. The van der Waals surface area contributed by atoms with Crippen molar-refractivity contribution in [2.45, 2.75) is 20.4 Å². The van der Waals surface area contributed by atoms with E-state index in [-0.39, 0.29) is 12.4 Å². The fourth-order valence-electron chi connectivity index (χ4n) is 2.35. The number of ether oxygens (including phenoxy) is 1. The quantitative estimate of drug-likeness (QED) is 0.914. The number of hydrogen-bond donors (Lipinski definition) is 1. The molecule has 0 bridgehead atoms. The number of aryl methyl sites for hydroxylation is 2. The van der Waals surface area contributed by atoms with Gasteiger partial charge in [0, 0.05) is 17.7 Å². The normalized spacial score (nSPS) is 10.6. The van der Waals surface area contributed by atoms with Gasteiger partial charge in [0.05, 0.1) is 7.11 Å². The van der Waals surface area contributed by atoms with Crippen LogP contribution in [0.5, 0.6) is 5.75 Å². The van der Waals surface area contributed by atoms with Crippen LogP contribution >= 0.6 is 0 Å². The number of nitrogens with two attached hydrogens (primary N) is 1. The maximum absolute atomic E-state index is 13.5.